The van der Waals surface area contributed by atoms with Crippen LogP contribution in [0.1, 0.15) is 40.0 Å². The van der Waals surface area contributed by atoms with Crippen molar-refractivity contribution in [3.8, 4) is 0 Å². The molecule has 0 saturated carbocycles. The summed E-state index contributed by atoms with van der Waals surface area (Å²) >= 11 is -1.30. The van der Waals surface area contributed by atoms with Gasteiger partial charge < -0.3 is 0 Å². The zero-order valence-electron chi connectivity index (χ0n) is 15.5. The standard InChI is InChI=1S/C15H27F4IO5S/c1-11(2)9-13(3,10-20(4)5)12(21)25-8-6-7-14(16,17)15(18,19)26(22,23)24/h11H,6-10H2,1-5H3,(H,22,23,24). The first-order valence-corrected chi connectivity index (χ1v) is 15.1. The first-order chi connectivity index (χ1) is 11.5. The average Bonchev–Trinajstić information content (AvgIpc) is 2.39. The van der Waals surface area contributed by atoms with Crippen LogP contribution < -0.4 is 0 Å². The Bertz CT molecular complexity index is 569. The van der Waals surface area contributed by atoms with Crippen LogP contribution in [0.3, 0.4) is 0 Å². The summed E-state index contributed by atoms with van der Waals surface area (Å²) < 4.78 is 87.7. The van der Waals surface area contributed by atoms with Gasteiger partial charge in [0, 0.05) is 0 Å². The number of ether oxygens (including phenoxy) is 1. The Balaban J connectivity index is 4.82. The van der Waals surface area contributed by atoms with Crippen LogP contribution in [0.15, 0.2) is 0 Å². The van der Waals surface area contributed by atoms with Crippen LogP contribution in [0.2, 0.25) is 0 Å². The molecule has 11 heteroatoms. The van der Waals surface area contributed by atoms with Crippen molar-refractivity contribution in [2.75, 3.05) is 20.9 Å². The van der Waals surface area contributed by atoms with Crippen molar-refractivity contribution in [1.82, 2.24) is 0 Å². The second kappa shape index (κ2) is 9.35. The van der Waals surface area contributed by atoms with Gasteiger partial charge in [0.05, 0.1) is 0 Å². The predicted molar refractivity (Wildman–Crippen MR) is 99.9 cm³/mol. The van der Waals surface area contributed by atoms with Crippen molar-refractivity contribution in [2.45, 2.75) is 51.2 Å². The van der Waals surface area contributed by atoms with Gasteiger partial charge in [0.15, 0.2) is 0 Å². The van der Waals surface area contributed by atoms with Crippen molar-refractivity contribution in [2.24, 2.45) is 11.3 Å². The normalized spacial score (nSPS) is 16.3. The summed E-state index contributed by atoms with van der Waals surface area (Å²) in [5.74, 6) is -5.33. The Kier molecular flexibility index (Phi) is 9.29. The molecule has 0 aliphatic carbocycles. The van der Waals surface area contributed by atoms with Crippen molar-refractivity contribution in [3.63, 3.8) is 0 Å². The fraction of sp³-hybridized carbons (Fsp3) is 0.933. The Labute approximate surface area is 159 Å². The predicted octanol–water partition coefficient (Wildman–Crippen LogP) is 4.24. The molecule has 0 fully saturated rings. The third kappa shape index (κ3) is 7.10. The summed E-state index contributed by atoms with van der Waals surface area (Å²) in [6.07, 6.45) is -1.66. The Hall–Kier alpha value is -0.170. The van der Waals surface area contributed by atoms with Crippen LogP contribution in [-0.4, -0.2) is 51.0 Å². The van der Waals surface area contributed by atoms with E-state index >= 15 is 0 Å². The van der Waals surface area contributed by atoms with Crippen molar-refractivity contribution in [1.29, 1.82) is 0 Å². The van der Waals surface area contributed by atoms with E-state index in [4.69, 9.17) is 9.29 Å². The second-order valence-electron chi connectivity index (χ2n) is 7.14. The molecule has 0 spiro atoms. The third-order valence-electron chi connectivity index (χ3n) is 3.53. The number of halogens is 5. The molecule has 0 aliphatic heterocycles. The molecule has 5 nitrogen and oxygen atoms in total. The summed E-state index contributed by atoms with van der Waals surface area (Å²) in [6, 6.07) is 0. The molecule has 158 valence electrons. The maximum absolute atomic E-state index is 13.4. The van der Waals surface area contributed by atoms with Gasteiger partial charge in [-0.15, -0.1) is 0 Å². The number of rotatable bonds is 11. The van der Waals surface area contributed by atoms with Gasteiger partial charge in [-0.05, 0) is 0 Å². The molecule has 1 N–H and O–H groups in total. The minimum atomic E-state index is -6.25. The van der Waals surface area contributed by atoms with E-state index in [2.05, 4.69) is 9.86 Å². The number of carbonyl (C=O) groups is 1. The molecule has 0 aliphatic rings. The molecule has 0 aromatic carbocycles. The van der Waals surface area contributed by atoms with Crippen LogP contribution in [0.5, 0.6) is 0 Å². The summed E-state index contributed by atoms with van der Waals surface area (Å²) in [5.41, 5.74) is -0.761. The van der Waals surface area contributed by atoms with Crippen LogP contribution >= 0.6 is 19.8 Å². The van der Waals surface area contributed by atoms with E-state index in [1.54, 1.807) is 6.92 Å². The quantitative estimate of drug-likeness (QED) is 0.110. The Morgan fingerprint density at radius 3 is 2.08 bits per heavy atom. The van der Waals surface area contributed by atoms with Gasteiger partial charge >= 0.3 is 159 Å². The van der Waals surface area contributed by atoms with E-state index in [0.29, 0.717) is 10.8 Å². The van der Waals surface area contributed by atoms with Gasteiger partial charge in [0.1, 0.15) is 0 Å². The van der Waals surface area contributed by atoms with Gasteiger partial charge in [-0.25, -0.2) is 0 Å². The SMILES string of the molecule is CC(C)CC(C)(CI(C)C)C(=O)OCCCC(F)(F)C(F)(F)S(=O)(=O)O. The van der Waals surface area contributed by atoms with Crippen molar-refractivity contribution < 1.29 is 40.1 Å². The topological polar surface area (TPSA) is 80.7 Å². The molecule has 0 radical (unpaired) electrons. The third-order valence-corrected chi connectivity index (χ3v) is 7.69. The maximum atomic E-state index is 13.4. The molecule has 0 amide bonds. The molecule has 0 aromatic heterocycles. The molecular weight excluding hydrogens is 495 g/mol. The van der Waals surface area contributed by atoms with Crippen LogP contribution in [0.4, 0.5) is 17.6 Å². The number of hydrogen-bond donors (Lipinski definition) is 1. The summed E-state index contributed by atoms with van der Waals surface area (Å²) in [7, 11) is -6.25. The second-order valence-corrected chi connectivity index (χ2v) is 14.6. The summed E-state index contributed by atoms with van der Waals surface area (Å²) in [4.78, 5) is 16.5. The Morgan fingerprint density at radius 2 is 1.69 bits per heavy atom. The van der Waals surface area contributed by atoms with E-state index in [1.165, 1.54) is 0 Å². The molecule has 1 unspecified atom stereocenters. The first kappa shape index (κ1) is 25.8. The van der Waals surface area contributed by atoms with Crippen LogP contribution in [0, 0.1) is 11.3 Å². The Morgan fingerprint density at radius 1 is 1.19 bits per heavy atom. The zero-order chi connectivity index (χ0) is 21.0. The van der Waals surface area contributed by atoms with Crippen LogP contribution in [0.25, 0.3) is 0 Å². The van der Waals surface area contributed by atoms with Gasteiger partial charge in [-0.1, -0.05) is 0 Å². The van der Waals surface area contributed by atoms with Crippen molar-refractivity contribution in [3.05, 3.63) is 0 Å². The van der Waals surface area contributed by atoms with E-state index in [9.17, 15) is 30.8 Å². The summed E-state index contributed by atoms with van der Waals surface area (Å²) in [6.45, 7) is 5.08. The van der Waals surface area contributed by atoms with E-state index < -0.39 is 71.9 Å². The molecule has 26 heavy (non-hydrogen) atoms. The van der Waals surface area contributed by atoms with E-state index in [-0.39, 0.29) is 5.92 Å². The first-order valence-electron chi connectivity index (χ1n) is 7.82. The van der Waals surface area contributed by atoms with Gasteiger partial charge in [0.25, 0.3) is 0 Å². The number of hydrogen-bond acceptors (Lipinski definition) is 4. The molecule has 0 aromatic rings. The molecular formula is C15H27F4IO5S. The molecule has 0 saturated heterocycles. The minimum absolute atomic E-state index is 0.209. The number of esters is 1. The molecule has 0 bridgehead atoms. The van der Waals surface area contributed by atoms with Crippen molar-refractivity contribution >= 4 is 35.9 Å². The zero-order valence-corrected chi connectivity index (χ0v) is 18.5. The van der Waals surface area contributed by atoms with E-state index in [0.717, 1.165) is 0 Å². The van der Waals surface area contributed by atoms with Crippen LogP contribution in [-0.2, 0) is 19.6 Å². The van der Waals surface area contributed by atoms with Gasteiger partial charge in [-0.3, -0.25) is 0 Å². The number of alkyl halides is 7. The molecule has 1 atom stereocenters. The fourth-order valence-electron chi connectivity index (χ4n) is 2.65. The molecule has 0 heterocycles. The average molecular weight is 522 g/mol. The summed E-state index contributed by atoms with van der Waals surface area (Å²) in [5, 5.41) is -5.60. The van der Waals surface area contributed by atoms with Gasteiger partial charge in [0.2, 0.25) is 0 Å². The number of carbonyl (C=O) groups excluding carboxylic acids is 1. The van der Waals surface area contributed by atoms with E-state index in [1.807, 2.05) is 13.8 Å². The fourth-order valence-corrected chi connectivity index (χ4v) is 7.12. The monoisotopic (exact) mass is 522 g/mol. The van der Waals surface area contributed by atoms with Gasteiger partial charge in [-0.2, -0.15) is 0 Å². The molecule has 0 rings (SSSR count).